The molecule has 0 radical (unpaired) electrons. The maximum atomic E-state index is 12.2. The Labute approximate surface area is 126 Å². The average Bonchev–Trinajstić information content (AvgIpc) is 2.38. The van der Waals surface area contributed by atoms with Crippen molar-refractivity contribution in [1.82, 2.24) is 4.90 Å². The fourth-order valence-corrected chi connectivity index (χ4v) is 3.27. The minimum atomic E-state index is -1.09. The summed E-state index contributed by atoms with van der Waals surface area (Å²) in [7, 11) is 0. The number of hydrogen-bond donors (Lipinski definition) is 2. The molecule has 0 aromatic heterocycles. The summed E-state index contributed by atoms with van der Waals surface area (Å²) in [6.45, 7) is 2.71. The van der Waals surface area contributed by atoms with Gasteiger partial charge < -0.3 is 15.3 Å². The Hall–Kier alpha value is -1.40. The minimum Gasteiger partial charge on any atom is -0.478 e. The summed E-state index contributed by atoms with van der Waals surface area (Å²) >= 11 is 7.70. The Balaban J connectivity index is 2.08. The van der Waals surface area contributed by atoms with E-state index in [4.69, 9.17) is 16.7 Å². The molecular weight excluding hydrogens is 300 g/mol. The number of carboxylic acid groups (broad SMARTS) is 1. The third kappa shape index (κ3) is 3.37. The van der Waals surface area contributed by atoms with Crippen molar-refractivity contribution in [3.63, 3.8) is 0 Å². The lowest BCUT2D eigenvalue weighted by Crippen LogP contribution is -2.46. The summed E-state index contributed by atoms with van der Waals surface area (Å²) in [5.74, 6) is 0.761. The smallest absolute Gasteiger partial charge is 0.337 e. The third-order valence-electron chi connectivity index (χ3n) is 3.08. The van der Waals surface area contributed by atoms with Crippen LogP contribution < -0.4 is 5.32 Å². The fraction of sp³-hybridized carbons (Fsp3) is 0.385. The lowest BCUT2D eigenvalue weighted by molar-refractivity contribution is 0.0697. The maximum Gasteiger partial charge on any atom is 0.337 e. The molecule has 0 bridgehead atoms. The molecule has 7 heteroatoms. The van der Waals surface area contributed by atoms with Gasteiger partial charge in [0.15, 0.2) is 0 Å². The van der Waals surface area contributed by atoms with Gasteiger partial charge in [-0.1, -0.05) is 11.6 Å². The second kappa shape index (κ2) is 6.37. The van der Waals surface area contributed by atoms with Gasteiger partial charge in [-0.3, -0.25) is 0 Å². The van der Waals surface area contributed by atoms with E-state index >= 15 is 0 Å². The van der Waals surface area contributed by atoms with E-state index in [1.165, 1.54) is 18.2 Å². The molecule has 1 saturated heterocycles. The number of aromatic carboxylic acids is 1. The SMILES string of the molecule is CC1CSCCN1C(=O)Nc1ccc(C(=O)O)c(Cl)c1. The predicted octanol–water partition coefficient (Wildman–Crippen LogP) is 3.01. The molecule has 5 nitrogen and oxygen atoms in total. The monoisotopic (exact) mass is 314 g/mol. The van der Waals surface area contributed by atoms with Crippen LogP contribution in [-0.4, -0.2) is 46.1 Å². The normalized spacial score (nSPS) is 18.7. The summed E-state index contributed by atoms with van der Waals surface area (Å²) in [6.07, 6.45) is 0. The van der Waals surface area contributed by atoms with E-state index in [0.29, 0.717) is 12.2 Å². The Morgan fingerprint density at radius 3 is 2.85 bits per heavy atom. The van der Waals surface area contributed by atoms with Crippen LogP contribution in [0.2, 0.25) is 5.02 Å². The number of carbonyl (C=O) groups is 2. The van der Waals surface area contributed by atoms with Gasteiger partial charge >= 0.3 is 12.0 Å². The first kappa shape index (κ1) is 15.0. The van der Waals surface area contributed by atoms with Crippen LogP contribution in [0.1, 0.15) is 17.3 Å². The van der Waals surface area contributed by atoms with Crippen molar-refractivity contribution in [1.29, 1.82) is 0 Å². The van der Waals surface area contributed by atoms with E-state index < -0.39 is 5.97 Å². The van der Waals surface area contributed by atoms with Gasteiger partial charge in [0, 0.05) is 29.8 Å². The Morgan fingerprint density at radius 1 is 1.50 bits per heavy atom. The average molecular weight is 315 g/mol. The van der Waals surface area contributed by atoms with Crippen LogP contribution in [0.4, 0.5) is 10.5 Å². The van der Waals surface area contributed by atoms with Crippen molar-refractivity contribution in [2.24, 2.45) is 0 Å². The Morgan fingerprint density at radius 2 is 2.25 bits per heavy atom. The summed E-state index contributed by atoms with van der Waals surface area (Å²) in [6, 6.07) is 4.37. The highest BCUT2D eigenvalue weighted by Gasteiger charge is 2.23. The van der Waals surface area contributed by atoms with Gasteiger partial charge in [-0.25, -0.2) is 9.59 Å². The Kier molecular flexibility index (Phi) is 4.77. The number of nitrogens with one attached hydrogen (secondary N) is 1. The van der Waals surface area contributed by atoms with Crippen molar-refractivity contribution in [2.75, 3.05) is 23.4 Å². The summed E-state index contributed by atoms with van der Waals surface area (Å²) in [5.41, 5.74) is 0.517. The highest BCUT2D eigenvalue weighted by atomic mass is 35.5. The van der Waals surface area contributed by atoms with Crippen LogP contribution in [0.15, 0.2) is 18.2 Å². The summed E-state index contributed by atoms with van der Waals surface area (Å²) in [4.78, 5) is 24.8. The quantitative estimate of drug-likeness (QED) is 0.880. The van der Waals surface area contributed by atoms with E-state index in [0.717, 1.165) is 11.5 Å². The van der Waals surface area contributed by atoms with E-state index in [-0.39, 0.29) is 22.7 Å². The zero-order valence-corrected chi connectivity index (χ0v) is 12.5. The second-order valence-electron chi connectivity index (χ2n) is 4.55. The zero-order chi connectivity index (χ0) is 14.7. The predicted molar refractivity (Wildman–Crippen MR) is 80.9 cm³/mol. The third-order valence-corrected chi connectivity index (χ3v) is 4.58. The topological polar surface area (TPSA) is 69.6 Å². The highest BCUT2D eigenvalue weighted by molar-refractivity contribution is 7.99. The molecule has 2 rings (SSSR count). The standard InChI is InChI=1S/C13H15ClN2O3S/c1-8-7-20-5-4-16(8)13(19)15-9-2-3-10(12(17)18)11(14)6-9/h2-3,6,8H,4-5,7H2,1H3,(H,15,19)(H,17,18). The van der Waals surface area contributed by atoms with E-state index in [1.807, 2.05) is 18.7 Å². The molecule has 108 valence electrons. The number of amides is 2. The highest BCUT2D eigenvalue weighted by Crippen LogP contribution is 2.22. The number of nitrogens with zero attached hydrogens (tertiary/aromatic N) is 1. The number of rotatable bonds is 2. The number of carboxylic acids is 1. The largest absolute Gasteiger partial charge is 0.478 e. The summed E-state index contributed by atoms with van der Waals surface area (Å²) < 4.78 is 0. The van der Waals surface area contributed by atoms with Gasteiger partial charge in [-0.2, -0.15) is 11.8 Å². The van der Waals surface area contributed by atoms with Gasteiger partial charge in [-0.15, -0.1) is 0 Å². The number of carbonyl (C=O) groups excluding carboxylic acids is 1. The van der Waals surface area contributed by atoms with Crippen molar-refractivity contribution >= 4 is 41.1 Å². The molecule has 1 aromatic rings. The molecule has 1 aliphatic heterocycles. The molecule has 1 atom stereocenters. The number of halogens is 1. The number of benzene rings is 1. The minimum absolute atomic E-state index is 0.0207. The molecule has 0 spiro atoms. The molecule has 0 aliphatic carbocycles. The molecule has 20 heavy (non-hydrogen) atoms. The summed E-state index contributed by atoms with van der Waals surface area (Å²) in [5, 5.41) is 11.8. The van der Waals surface area contributed by atoms with Gasteiger partial charge in [-0.05, 0) is 25.1 Å². The van der Waals surface area contributed by atoms with Crippen LogP contribution >= 0.6 is 23.4 Å². The number of urea groups is 1. The van der Waals surface area contributed by atoms with Crippen molar-refractivity contribution < 1.29 is 14.7 Å². The molecule has 2 N–H and O–H groups in total. The van der Waals surface area contributed by atoms with Crippen LogP contribution in [0.25, 0.3) is 0 Å². The number of hydrogen-bond acceptors (Lipinski definition) is 3. The maximum absolute atomic E-state index is 12.2. The lowest BCUT2D eigenvalue weighted by atomic mass is 10.2. The zero-order valence-electron chi connectivity index (χ0n) is 10.9. The molecule has 1 heterocycles. The van der Waals surface area contributed by atoms with E-state index in [1.54, 1.807) is 4.90 Å². The molecule has 1 aromatic carbocycles. The van der Waals surface area contributed by atoms with Crippen LogP contribution in [0.3, 0.4) is 0 Å². The van der Waals surface area contributed by atoms with Crippen molar-refractivity contribution in [3.05, 3.63) is 28.8 Å². The first-order chi connectivity index (χ1) is 9.49. The van der Waals surface area contributed by atoms with Gasteiger partial charge in [0.1, 0.15) is 0 Å². The fourth-order valence-electron chi connectivity index (χ4n) is 1.99. The molecule has 1 unspecified atom stereocenters. The number of anilines is 1. The van der Waals surface area contributed by atoms with Crippen LogP contribution in [0, 0.1) is 0 Å². The number of thioether (sulfide) groups is 1. The molecule has 2 amide bonds. The van der Waals surface area contributed by atoms with Gasteiger partial charge in [0.2, 0.25) is 0 Å². The Bertz CT molecular complexity index is 538. The molecular formula is C13H15ClN2O3S. The van der Waals surface area contributed by atoms with Gasteiger partial charge in [0.25, 0.3) is 0 Å². The van der Waals surface area contributed by atoms with Crippen molar-refractivity contribution in [3.8, 4) is 0 Å². The molecule has 1 fully saturated rings. The van der Waals surface area contributed by atoms with Crippen LogP contribution in [-0.2, 0) is 0 Å². The van der Waals surface area contributed by atoms with Gasteiger partial charge in [0.05, 0.1) is 10.6 Å². The van der Waals surface area contributed by atoms with Crippen LogP contribution in [0.5, 0.6) is 0 Å². The second-order valence-corrected chi connectivity index (χ2v) is 6.10. The lowest BCUT2D eigenvalue weighted by Gasteiger charge is -2.33. The van der Waals surface area contributed by atoms with E-state index in [9.17, 15) is 9.59 Å². The first-order valence-corrected chi connectivity index (χ1v) is 7.70. The first-order valence-electron chi connectivity index (χ1n) is 6.17. The molecule has 0 saturated carbocycles. The van der Waals surface area contributed by atoms with E-state index in [2.05, 4.69) is 5.32 Å². The molecule has 1 aliphatic rings. The van der Waals surface area contributed by atoms with Crippen molar-refractivity contribution in [2.45, 2.75) is 13.0 Å².